The summed E-state index contributed by atoms with van der Waals surface area (Å²) < 4.78 is 5.44. The number of carboxylic acid groups (broad SMARTS) is 1. The third kappa shape index (κ3) is 7.51. The van der Waals surface area contributed by atoms with Crippen molar-refractivity contribution in [2.45, 2.75) is 53.5 Å². The summed E-state index contributed by atoms with van der Waals surface area (Å²) in [5.74, 6) is -0.846. The van der Waals surface area contributed by atoms with Crippen LogP contribution in [0.3, 0.4) is 0 Å². The molecule has 2 aromatic carbocycles. The molecule has 5 rings (SSSR count). The number of pyridine rings is 1. The third-order valence-corrected chi connectivity index (χ3v) is 9.35. The number of thiazole rings is 1. The quantitative estimate of drug-likeness (QED) is 0.136. The van der Waals surface area contributed by atoms with Gasteiger partial charge in [-0.2, -0.15) is 0 Å². The molecule has 1 atom stereocenters. The van der Waals surface area contributed by atoms with Gasteiger partial charge >= 0.3 is 5.97 Å². The van der Waals surface area contributed by atoms with Crippen LogP contribution in [0.1, 0.15) is 58.9 Å². The number of nitrogens with zero attached hydrogens (tertiary/aromatic N) is 5. The Bertz CT molecular complexity index is 1770. The minimum absolute atomic E-state index is 0.0226. The highest BCUT2D eigenvalue weighted by molar-refractivity contribution is 7.15. The van der Waals surface area contributed by atoms with Crippen molar-refractivity contribution in [3.63, 3.8) is 0 Å². The molecule has 1 aliphatic rings. The number of hydrogen-bond acceptors (Lipinski definition) is 9. The number of aryl methyl sites for hydroxylation is 2. The predicted molar refractivity (Wildman–Crippen MR) is 179 cm³/mol. The zero-order valence-electron chi connectivity index (χ0n) is 26.6. The molecule has 12 heteroatoms. The van der Waals surface area contributed by atoms with Crippen molar-refractivity contribution in [3.8, 4) is 10.6 Å². The first-order valence-corrected chi connectivity index (χ1v) is 16.3. The van der Waals surface area contributed by atoms with Crippen LogP contribution in [0, 0.1) is 29.9 Å². The molecule has 46 heavy (non-hydrogen) atoms. The summed E-state index contributed by atoms with van der Waals surface area (Å²) >= 11 is 1.49. The molecule has 4 aromatic rings. The van der Waals surface area contributed by atoms with Gasteiger partial charge in [0.05, 0.1) is 51.5 Å². The molecule has 0 aliphatic carbocycles. The summed E-state index contributed by atoms with van der Waals surface area (Å²) in [6.45, 7) is 10.1. The van der Waals surface area contributed by atoms with Gasteiger partial charge in [0.2, 0.25) is 5.91 Å². The Morgan fingerprint density at radius 2 is 1.89 bits per heavy atom. The van der Waals surface area contributed by atoms with E-state index in [1.54, 1.807) is 17.0 Å². The molecule has 3 heterocycles. The molecule has 0 radical (unpaired) electrons. The first kappa shape index (κ1) is 33.0. The standard InChI is InChI=1S/C34H39N5O6S/c1-5-6-21(2)15-25-7-8-27(34(41)42)18-29(25)38(20-31(40)37-11-13-45-14-12-37)19-24-16-26-9-10-28(33-22(3)35-23(4)46-33)36-32(26)30(17-24)39(43)44/h7-10,16-18,21H,5-6,11-15,19-20H2,1-4H3,(H,41,42). The van der Waals surface area contributed by atoms with Gasteiger partial charge in [-0.05, 0) is 61.6 Å². The minimum Gasteiger partial charge on any atom is -0.478 e. The van der Waals surface area contributed by atoms with Crippen molar-refractivity contribution in [1.82, 2.24) is 14.9 Å². The van der Waals surface area contributed by atoms with Crippen LogP contribution in [0.15, 0.2) is 42.5 Å². The molecule has 242 valence electrons. The lowest BCUT2D eigenvalue weighted by Crippen LogP contribution is -2.46. The number of nitro groups is 1. The number of fused-ring (bicyclic) bond motifs is 1. The normalized spacial score (nSPS) is 14.0. The number of nitro benzene ring substituents is 1. The first-order valence-electron chi connectivity index (χ1n) is 15.5. The molecule has 0 spiro atoms. The largest absolute Gasteiger partial charge is 0.478 e. The number of rotatable bonds is 12. The van der Waals surface area contributed by atoms with E-state index in [1.165, 1.54) is 17.4 Å². The smallest absolute Gasteiger partial charge is 0.335 e. The number of non-ortho nitro benzene ring substituents is 1. The number of morpholine rings is 1. The molecule has 0 bridgehead atoms. The minimum atomic E-state index is -1.07. The van der Waals surface area contributed by atoms with Gasteiger partial charge in [-0.1, -0.05) is 38.8 Å². The fourth-order valence-electron chi connectivity index (χ4n) is 6.06. The van der Waals surface area contributed by atoms with E-state index in [1.807, 2.05) is 43.0 Å². The molecular weight excluding hydrogens is 606 g/mol. The number of ether oxygens (including phenoxy) is 1. The lowest BCUT2D eigenvalue weighted by Gasteiger charge is -2.32. The number of aromatic nitrogens is 2. The fourth-order valence-corrected chi connectivity index (χ4v) is 6.95. The summed E-state index contributed by atoms with van der Waals surface area (Å²) in [7, 11) is 0. The van der Waals surface area contributed by atoms with Crippen LogP contribution in [0.2, 0.25) is 0 Å². The zero-order chi connectivity index (χ0) is 33.0. The Morgan fingerprint density at radius 3 is 2.54 bits per heavy atom. The average Bonchev–Trinajstić information content (AvgIpc) is 3.37. The predicted octanol–water partition coefficient (Wildman–Crippen LogP) is 6.43. The Balaban J connectivity index is 1.59. The average molecular weight is 646 g/mol. The van der Waals surface area contributed by atoms with Crippen molar-refractivity contribution >= 4 is 45.5 Å². The van der Waals surface area contributed by atoms with Gasteiger partial charge in [-0.25, -0.2) is 14.8 Å². The second-order valence-electron chi connectivity index (χ2n) is 11.9. The van der Waals surface area contributed by atoms with E-state index in [0.717, 1.165) is 34.0 Å². The second-order valence-corrected chi connectivity index (χ2v) is 13.1. The molecule has 2 aromatic heterocycles. The summed E-state index contributed by atoms with van der Waals surface area (Å²) in [5, 5.41) is 23.7. The molecule has 0 saturated carbocycles. The number of carbonyl (C=O) groups is 2. The van der Waals surface area contributed by atoms with E-state index in [-0.39, 0.29) is 35.8 Å². The van der Waals surface area contributed by atoms with Crippen LogP contribution in [0.5, 0.6) is 0 Å². The molecule has 1 fully saturated rings. The summed E-state index contributed by atoms with van der Waals surface area (Å²) in [4.78, 5) is 51.3. The molecule has 1 N–H and O–H groups in total. The first-order chi connectivity index (χ1) is 22.0. The van der Waals surface area contributed by atoms with Crippen molar-refractivity contribution < 1.29 is 24.4 Å². The Morgan fingerprint density at radius 1 is 1.13 bits per heavy atom. The highest BCUT2D eigenvalue weighted by Crippen LogP contribution is 2.34. The molecular formula is C34H39N5O6S. The Kier molecular flexibility index (Phi) is 10.3. The van der Waals surface area contributed by atoms with E-state index in [2.05, 4.69) is 18.8 Å². The lowest BCUT2D eigenvalue weighted by atomic mass is 9.94. The number of carbonyl (C=O) groups excluding carboxylic acids is 1. The van der Waals surface area contributed by atoms with Gasteiger partial charge in [0.25, 0.3) is 5.69 Å². The van der Waals surface area contributed by atoms with E-state index in [0.29, 0.717) is 61.0 Å². The molecule has 1 amide bonds. The van der Waals surface area contributed by atoms with Crippen LogP contribution in [-0.4, -0.2) is 69.6 Å². The van der Waals surface area contributed by atoms with Gasteiger partial charge in [-0.15, -0.1) is 11.3 Å². The number of carboxylic acids is 1. The zero-order valence-corrected chi connectivity index (χ0v) is 27.4. The second kappa shape index (κ2) is 14.3. The molecule has 1 aliphatic heterocycles. The molecule has 11 nitrogen and oxygen atoms in total. The maximum atomic E-state index is 13.6. The molecule has 1 saturated heterocycles. The topological polar surface area (TPSA) is 139 Å². The number of anilines is 1. The van der Waals surface area contributed by atoms with Crippen LogP contribution in [0.25, 0.3) is 21.5 Å². The van der Waals surface area contributed by atoms with E-state index in [9.17, 15) is 24.8 Å². The van der Waals surface area contributed by atoms with Gasteiger partial charge in [0.15, 0.2) is 0 Å². The number of aromatic carboxylic acids is 1. The summed E-state index contributed by atoms with van der Waals surface area (Å²) in [6, 6.07) is 12.1. The SMILES string of the molecule is CCCC(C)Cc1ccc(C(=O)O)cc1N(CC(=O)N1CCOCC1)Cc1cc([N+](=O)[O-])c2nc(-c3sc(C)nc3C)ccc2c1. The van der Waals surface area contributed by atoms with Gasteiger partial charge < -0.3 is 19.6 Å². The maximum Gasteiger partial charge on any atom is 0.335 e. The fraction of sp³-hybridized carbons (Fsp3) is 0.412. The number of hydrogen-bond donors (Lipinski definition) is 1. The van der Waals surface area contributed by atoms with Gasteiger partial charge in [-0.3, -0.25) is 14.9 Å². The Hall–Kier alpha value is -4.42. The van der Waals surface area contributed by atoms with Crippen molar-refractivity contribution in [1.29, 1.82) is 0 Å². The monoisotopic (exact) mass is 645 g/mol. The lowest BCUT2D eigenvalue weighted by molar-refractivity contribution is -0.383. The highest BCUT2D eigenvalue weighted by atomic mass is 32.1. The van der Waals surface area contributed by atoms with Crippen LogP contribution < -0.4 is 4.90 Å². The molecule has 1 unspecified atom stereocenters. The Labute approximate surface area is 272 Å². The van der Waals surface area contributed by atoms with Crippen molar-refractivity contribution in [2.75, 3.05) is 37.7 Å². The number of benzene rings is 2. The van der Waals surface area contributed by atoms with Crippen molar-refractivity contribution in [2.24, 2.45) is 5.92 Å². The third-order valence-electron chi connectivity index (χ3n) is 8.25. The van der Waals surface area contributed by atoms with Crippen LogP contribution in [0.4, 0.5) is 11.4 Å². The van der Waals surface area contributed by atoms with E-state index in [4.69, 9.17) is 9.72 Å². The van der Waals surface area contributed by atoms with Gasteiger partial charge in [0, 0.05) is 36.8 Å². The van der Waals surface area contributed by atoms with Crippen LogP contribution in [-0.2, 0) is 22.5 Å². The summed E-state index contributed by atoms with van der Waals surface area (Å²) in [5.41, 5.74) is 3.87. The maximum absolute atomic E-state index is 13.6. The van der Waals surface area contributed by atoms with Crippen molar-refractivity contribution in [3.05, 3.63) is 80.0 Å². The van der Waals surface area contributed by atoms with Gasteiger partial charge in [0.1, 0.15) is 5.52 Å². The van der Waals surface area contributed by atoms with E-state index < -0.39 is 10.9 Å². The summed E-state index contributed by atoms with van der Waals surface area (Å²) in [6.07, 6.45) is 2.72. The number of amides is 1. The highest BCUT2D eigenvalue weighted by Gasteiger charge is 2.25. The van der Waals surface area contributed by atoms with E-state index >= 15 is 0 Å². The van der Waals surface area contributed by atoms with Crippen LogP contribution >= 0.6 is 11.3 Å².